The molecule has 1 aromatic rings. The third kappa shape index (κ3) is 4.78. The highest BCUT2D eigenvalue weighted by Gasteiger charge is 2.15. The highest BCUT2D eigenvalue weighted by atomic mass is 35.5. The van der Waals surface area contributed by atoms with E-state index in [4.69, 9.17) is 0 Å². The van der Waals surface area contributed by atoms with Gasteiger partial charge in [-0.1, -0.05) is 6.07 Å². The molecule has 0 saturated carbocycles. The van der Waals surface area contributed by atoms with Crippen LogP contribution in [-0.4, -0.2) is 34.0 Å². The number of likely N-dealkylation sites (N-methyl/N-ethyl adjacent to an activating group) is 1. The molecule has 0 radical (unpaired) electrons. The van der Waals surface area contributed by atoms with Gasteiger partial charge in [-0.3, -0.25) is 0 Å². The zero-order valence-corrected chi connectivity index (χ0v) is 13.1. The molecular weight excluding hydrogens is 294 g/mol. The zero-order valence-electron chi connectivity index (χ0n) is 10.6. The molecule has 0 fully saturated rings. The van der Waals surface area contributed by atoms with Gasteiger partial charge in [0.25, 0.3) is 0 Å². The van der Waals surface area contributed by atoms with E-state index in [1.54, 1.807) is 12.1 Å². The maximum Gasteiger partial charge on any atom is 0.307 e. The summed E-state index contributed by atoms with van der Waals surface area (Å²) in [5.41, 5.74) is 2.08. The molecule has 0 bridgehead atoms. The summed E-state index contributed by atoms with van der Waals surface area (Å²) in [6.07, 6.45) is 0.800. The van der Waals surface area contributed by atoms with Crippen molar-refractivity contribution in [3.05, 3.63) is 29.3 Å². The van der Waals surface area contributed by atoms with E-state index in [1.165, 1.54) is 6.07 Å². The number of thiol groups is 1. The van der Waals surface area contributed by atoms with Crippen molar-refractivity contribution in [2.75, 3.05) is 20.6 Å². The molecule has 1 rings (SSSR count). The Bertz CT molecular complexity index is 489. The SMILES string of the molecule is Cc1ccc(S(=O)(=O)OS)cc1CCN(C)C.Cl. The van der Waals surface area contributed by atoms with Crippen molar-refractivity contribution < 1.29 is 12.0 Å². The molecule has 0 atom stereocenters. The van der Waals surface area contributed by atoms with E-state index >= 15 is 0 Å². The number of halogens is 1. The van der Waals surface area contributed by atoms with Gasteiger partial charge < -0.3 is 4.90 Å². The molecule has 0 N–H and O–H groups in total. The maximum atomic E-state index is 11.5. The van der Waals surface area contributed by atoms with Crippen molar-refractivity contribution in [3.63, 3.8) is 0 Å². The first-order chi connectivity index (χ1) is 7.86. The Labute approximate surface area is 120 Å². The first-order valence-corrected chi connectivity index (χ1v) is 6.96. The maximum absolute atomic E-state index is 11.5. The Balaban J connectivity index is 0.00000289. The predicted molar refractivity (Wildman–Crippen MR) is 77.9 cm³/mol. The van der Waals surface area contributed by atoms with E-state index in [2.05, 4.69) is 21.4 Å². The molecule has 0 aliphatic heterocycles. The van der Waals surface area contributed by atoms with E-state index in [0.717, 1.165) is 24.1 Å². The number of benzene rings is 1. The predicted octanol–water partition coefficient (Wildman–Crippen LogP) is 2.07. The Morgan fingerprint density at radius 1 is 1.33 bits per heavy atom. The monoisotopic (exact) mass is 311 g/mol. The lowest BCUT2D eigenvalue weighted by Crippen LogP contribution is -2.15. The van der Waals surface area contributed by atoms with Crippen LogP contribution in [-0.2, 0) is 20.2 Å². The fourth-order valence-corrected chi connectivity index (χ4v) is 2.33. The minimum Gasteiger partial charge on any atom is -0.309 e. The topological polar surface area (TPSA) is 46.6 Å². The van der Waals surface area contributed by atoms with Crippen LogP contribution in [0.15, 0.2) is 23.1 Å². The van der Waals surface area contributed by atoms with Crippen molar-refractivity contribution in [3.8, 4) is 0 Å². The van der Waals surface area contributed by atoms with Gasteiger partial charge in [-0.15, -0.1) is 12.4 Å². The molecule has 0 amide bonds. The summed E-state index contributed by atoms with van der Waals surface area (Å²) >= 11 is 3.36. The lowest BCUT2D eigenvalue weighted by molar-refractivity contribution is 0.413. The van der Waals surface area contributed by atoms with Crippen molar-refractivity contribution in [1.29, 1.82) is 0 Å². The van der Waals surface area contributed by atoms with Gasteiger partial charge in [0.2, 0.25) is 0 Å². The number of nitrogens with zero attached hydrogens (tertiary/aromatic N) is 1. The molecule has 1 aromatic carbocycles. The molecule has 0 aromatic heterocycles. The summed E-state index contributed by atoms with van der Waals surface area (Å²) in [7, 11) is 0.232. The van der Waals surface area contributed by atoms with Gasteiger partial charge in [-0.2, -0.15) is 12.0 Å². The van der Waals surface area contributed by atoms with Crippen molar-refractivity contribution in [2.45, 2.75) is 18.2 Å². The van der Waals surface area contributed by atoms with Crippen LogP contribution in [0.2, 0.25) is 0 Å². The average molecular weight is 312 g/mol. The quantitative estimate of drug-likeness (QED) is 0.668. The lowest BCUT2D eigenvalue weighted by Gasteiger charge is -2.12. The van der Waals surface area contributed by atoms with Crippen molar-refractivity contribution >= 4 is 35.4 Å². The molecule has 0 unspecified atom stereocenters. The van der Waals surface area contributed by atoms with Crippen LogP contribution in [0.5, 0.6) is 0 Å². The molecule has 0 aliphatic rings. The molecular formula is C11H18ClNO3S2. The average Bonchev–Trinajstić information content (AvgIpc) is 2.27. The molecule has 104 valence electrons. The van der Waals surface area contributed by atoms with Crippen LogP contribution in [0.1, 0.15) is 11.1 Å². The largest absolute Gasteiger partial charge is 0.309 e. The second-order valence-corrected chi connectivity index (χ2v) is 6.15. The summed E-state index contributed by atoms with van der Waals surface area (Å²) in [6.45, 7) is 2.83. The van der Waals surface area contributed by atoms with Gasteiger partial charge in [0.15, 0.2) is 0 Å². The minimum absolute atomic E-state index is 0. The van der Waals surface area contributed by atoms with Crippen LogP contribution >= 0.6 is 25.3 Å². The van der Waals surface area contributed by atoms with Gasteiger partial charge in [-0.05, 0) is 63.6 Å². The van der Waals surface area contributed by atoms with Crippen LogP contribution in [0.3, 0.4) is 0 Å². The standard InChI is InChI=1S/C11H17NO3S2.ClH/c1-9-4-5-11(17(13,14)15-16)8-10(9)6-7-12(2)3;/h4-5,8,16H,6-7H2,1-3H3;1H. The van der Waals surface area contributed by atoms with Crippen LogP contribution in [0, 0.1) is 6.92 Å². The summed E-state index contributed by atoms with van der Waals surface area (Å²) in [5, 5.41) is 0. The van der Waals surface area contributed by atoms with Gasteiger partial charge in [0.1, 0.15) is 0 Å². The minimum atomic E-state index is -3.73. The lowest BCUT2D eigenvalue weighted by atomic mass is 10.1. The van der Waals surface area contributed by atoms with Crippen molar-refractivity contribution in [1.82, 2.24) is 4.90 Å². The Hall–Kier alpha value is -0.270. The third-order valence-electron chi connectivity index (χ3n) is 2.54. The van der Waals surface area contributed by atoms with E-state index in [0.29, 0.717) is 0 Å². The molecule has 0 saturated heterocycles. The Morgan fingerprint density at radius 2 is 1.94 bits per heavy atom. The zero-order chi connectivity index (χ0) is 13.1. The van der Waals surface area contributed by atoms with Gasteiger partial charge >= 0.3 is 10.1 Å². The summed E-state index contributed by atoms with van der Waals surface area (Å²) < 4.78 is 27.2. The molecule has 0 heterocycles. The molecule has 4 nitrogen and oxygen atoms in total. The summed E-state index contributed by atoms with van der Waals surface area (Å²) in [5.74, 6) is 0. The van der Waals surface area contributed by atoms with E-state index in [-0.39, 0.29) is 17.3 Å². The van der Waals surface area contributed by atoms with Gasteiger partial charge in [-0.25, -0.2) is 0 Å². The number of aryl methyl sites for hydroxylation is 1. The highest BCUT2D eigenvalue weighted by molar-refractivity contribution is 7.95. The Kier molecular flexibility index (Phi) is 7.24. The van der Waals surface area contributed by atoms with Gasteiger partial charge in [0.05, 0.1) is 4.90 Å². The molecule has 7 heteroatoms. The second kappa shape index (κ2) is 7.35. The number of rotatable bonds is 5. The molecule has 0 aliphatic carbocycles. The smallest absolute Gasteiger partial charge is 0.307 e. The molecule has 0 spiro atoms. The number of hydrogen-bond donors (Lipinski definition) is 1. The molecule has 18 heavy (non-hydrogen) atoms. The van der Waals surface area contributed by atoms with Crippen molar-refractivity contribution in [2.24, 2.45) is 0 Å². The fourth-order valence-electron chi connectivity index (χ4n) is 1.46. The van der Waals surface area contributed by atoms with E-state index < -0.39 is 10.1 Å². The Morgan fingerprint density at radius 3 is 2.44 bits per heavy atom. The normalized spacial score (nSPS) is 11.4. The third-order valence-corrected chi connectivity index (χ3v) is 4.15. The van der Waals surface area contributed by atoms with Crippen LogP contribution in [0.25, 0.3) is 0 Å². The van der Waals surface area contributed by atoms with Crippen LogP contribution in [0.4, 0.5) is 0 Å². The van der Waals surface area contributed by atoms with Gasteiger partial charge in [0, 0.05) is 6.54 Å². The highest BCUT2D eigenvalue weighted by Crippen LogP contribution is 2.18. The van der Waals surface area contributed by atoms with E-state index in [1.807, 2.05) is 21.0 Å². The number of hydrogen-bond acceptors (Lipinski definition) is 5. The van der Waals surface area contributed by atoms with E-state index in [9.17, 15) is 8.42 Å². The summed E-state index contributed by atoms with van der Waals surface area (Å²) in [6, 6.07) is 4.95. The first-order valence-electron chi connectivity index (χ1n) is 5.19. The fraction of sp³-hybridized carbons (Fsp3) is 0.455. The van der Waals surface area contributed by atoms with Crippen LogP contribution < -0.4 is 0 Å². The first kappa shape index (κ1) is 17.7. The summed E-state index contributed by atoms with van der Waals surface area (Å²) in [4.78, 5) is 2.20. The second-order valence-electron chi connectivity index (χ2n) is 4.17.